The third-order valence-corrected chi connectivity index (χ3v) is 3.17. The lowest BCUT2D eigenvalue weighted by molar-refractivity contribution is -0.120. The maximum Gasteiger partial charge on any atom is 0.233 e. The molecule has 0 atom stereocenters. The molecule has 0 spiro atoms. The van der Waals surface area contributed by atoms with E-state index in [0.29, 0.717) is 0 Å². The molecule has 0 radical (unpaired) electrons. The van der Waals surface area contributed by atoms with Crippen LogP contribution in [-0.2, 0) is 11.2 Å². The Bertz CT molecular complexity index is 427. The van der Waals surface area contributed by atoms with Crippen LogP contribution in [0.3, 0.4) is 0 Å². The van der Waals surface area contributed by atoms with Crippen LogP contribution in [0, 0.1) is 17.6 Å². The molecule has 5 heteroatoms. The summed E-state index contributed by atoms with van der Waals surface area (Å²) < 4.78 is 26.6. The highest BCUT2D eigenvalue weighted by molar-refractivity contribution is 5.77. The van der Waals surface area contributed by atoms with Gasteiger partial charge in [-0.25, -0.2) is 8.78 Å². The van der Waals surface area contributed by atoms with Gasteiger partial charge in [-0.2, -0.15) is 0 Å². The smallest absolute Gasteiger partial charge is 0.233 e. The first-order valence-corrected chi connectivity index (χ1v) is 6.57. The lowest BCUT2D eigenvalue weighted by Gasteiger charge is -2.07. The van der Waals surface area contributed by atoms with Crippen molar-refractivity contribution in [2.45, 2.75) is 19.3 Å². The first kappa shape index (κ1) is 13.9. The summed E-state index contributed by atoms with van der Waals surface area (Å²) in [5.74, 6) is -0.556. The van der Waals surface area contributed by atoms with Crippen LogP contribution in [0.5, 0.6) is 0 Å². The molecule has 1 aliphatic rings. The van der Waals surface area contributed by atoms with Crippen molar-refractivity contribution >= 4 is 5.91 Å². The number of carbonyl (C=O) groups is 1. The number of rotatable bonds is 7. The number of hydrogen-bond acceptors (Lipinski definition) is 2. The Morgan fingerprint density at radius 2 is 1.95 bits per heavy atom. The molecule has 1 fully saturated rings. The molecule has 0 heterocycles. The molecule has 1 aliphatic carbocycles. The second-order valence-corrected chi connectivity index (χ2v) is 4.87. The van der Waals surface area contributed by atoms with E-state index >= 15 is 0 Å². The molecular formula is C14H18F2N2O. The molecule has 0 aliphatic heterocycles. The number of hydrogen-bond donors (Lipinski definition) is 2. The number of halogens is 2. The molecule has 104 valence electrons. The van der Waals surface area contributed by atoms with Crippen LogP contribution < -0.4 is 10.6 Å². The van der Waals surface area contributed by atoms with Crippen LogP contribution in [0.25, 0.3) is 0 Å². The molecule has 2 rings (SSSR count). The summed E-state index contributed by atoms with van der Waals surface area (Å²) in [5.41, 5.74) is 0.0220. The van der Waals surface area contributed by atoms with Crippen molar-refractivity contribution in [1.82, 2.24) is 10.6 Å². The average Bonchev–Trinajstić information content (AvgIpc) is 3.17. The second-order valence-electron chi connectivity index (χ2n) is 4.87. The van der Waals surface area contributed by atoms with Crippen molar-refractivity contribution in [3.63, 3.8) is 0 Å². The molecule has 3 nitrogen and oxygen atoms in total. The summed E-state index contributed by atoms with van der Waals surface area (Å²) in [6.07, 6.45) is 2.63. The molecular weight excluding hydrogens is 250 g/mol. The summed E-state index contributed by atoms with van der Waals surface area (Å²) in [5, 5.41) is 5.70. The molecule has 19 heavy (non-hydrogen) atoms. The highest BCUT2D eigenvalue weighted by atomic mass is 19.1. The largest absolute Gasteiger partial charge is 0.355 e. The molecule has 1 aromatic carbocycles. The Kier molecular flexibility index (Phi) is 4.85. The van der Waals surface area contributed by atoms with Crippen molar-refractivity contribution < 1.29 is 13.6 Å². The average molecular weight is 268 g/mol. The minimum atomic E-state index is -0.568. The summed E-state index contributed by atoms with van der Waals surface area (Å²) >= 11 is 0. The van der Waals surface area contributed by atoms with E-state index in [9.17, 15) is 13.6 Å². The van der Waals surface area contributed by atoms with Gasteiger partial charge in [0.25, 0.3) is 0 Å². The third-order valence-electron chi connectivity index (χ3n) is 3.17. The Morgan fingerprint density at radius 1 is 1.26 bits per heavy atom. The maximum absolute atomic E-state index is 13.3. The molecule has 0 unspecified atom stereocenters. The van der Waals surface area contributed by atoms with Crippen LogP contribution in [-0.4, -0.2) is 25.5 Å². The Balaban J connectivity index is 1.66. The van der Waals surface area contributed by atoms with Crippen molar-refractivity contribution in [3.05, 3.63) is 35.4 Å². The fourth-order valence-corrected chi connectivity index (χ4v) is 1.87. The first-order valence-electron chi connectivity index (χ1n) is 6.57. The van der Waals surface area contributed by atoms with E-state index in [4.69, 9.17) is 0 Å². The predicted molar refractivity (Wildman–Crippen MR) is 68.7 cm³/mol. The summed E-state index contributed by atoms with van der Waals surface area (Å²) in [4.78, 5) is 11.4. The quantitative estimate of drug-likeness (QED) is 0.789. The van der Waals surface area contributed by atoms with Crippen LogP contribution in [0.4, 0.5) is 8.78 Å². The Labute approximate surface area is 111 Å². The fourth-order valence-electron chi connectivity index (χ4n) is 1.87. The zero-order valence-corrected chi connectivity index (χ0v) is 10.7. The number of benzene rings is 1. The van der Waals surface area contributed by atoms with Gasteiger partial charge in [-0.3, -0.25) is 4.79 Å². The molecule has 2 N–H and O–H groups in total. The van der Waals surface area contributed by atoms with E-state index in [2.05, 4.69) is 10.6 Å². The Hall–Kier alpha value is -1.49. The van der Waals surface area contributed by atoms with E-state index in [-0.39, 0.29) is 31.0 Å². The minimum Gasteiger partial charge on any atom is -0.355 e. The zero-order valence-electron chi connectivity index (χ0n) is 10.7. The van der Waals surface area contributed by atoms with Crippen molar-refractivity contribution in [1.29, 1.82) is 0 Å². The monoisotopic (exact) mass is 268 g/mol. The van der Waals surface area contributed by atoms with E-state index in [1.807, 2.05) is 0 Å². The van der Waals surface area contributed by atoms with Gasteiger partial charge in [-0.15, -0.1) is 0 Å². The van der Waals surface area contributed by atoms with Gasteiger partial charge in [0.1, 0.15) is 11.6 Å². The molecule has 0 aromatic heterocycles. The topological polar surface area (TPSA) is 41.1 Å². The minimum absolute atomic E-state index is 0.0220. The van der Waals surface area contributed by atoms with Gasteiger partial charge in [-0.1, -0.05) is 6.07 Å². The molecule has 1 aromatic rings. The molecule has 0 bridgehead atoms. The van der Waals surface area contributed by atoms with Crippen LogP contribution >= 0.6 is 0 Å². The normalized spacial score (nSPS) is 14.4. The summed E-state index contributed by atoms with van der Waals surface area (Å²) in [6.45, 7) is 1.37. The highest BCUT2D eigenvalue weighted by Gasteiger charge is 2.20. The third kappa shape index (κ3) is 4.59. The van der Waals surface area contributed by atoms with Gasteiger partial charge in [0.15, 0.2) is 0 Å². The van der Waals surface area contributed by atoms with Gasteiger partial charge in [0, 0.05) is 12.1 Å². The molecule has 1 saturated carbocycles. The van der Waals surface area contributed by atoms with Gasteiger partial charge in [0.05, 0.1) is 6.54 Å². The number of amides is 1. The van der Waals surface area contributed by atoms with Crippen molar-refractivity contribution in [2.75, 3.05) is 19.6 Å². The van der Waals surface area contributed by atoms with Gasteiger partial charge in [-0.05, 0) is 43.9 Å². The van der Waals surface area contributed by atoms with Crippen molar-refractivity contribution in [3.8, 4) is 0 Å². The highest BCUT2D eigenvalue weighted by Crippen LogP contribution is 2.27. The predicted octanol–water partition coefficient (Wildman–Crippen LogP) is 1.62. The number of carbonyl (C=O) groups excluding carboxylic acids is 1. The molecule has 1 amide bonds. The van der Waals surface area contributed by atoms with E-state index in [1.54, 1.807) is 0 Å². The van der Waals surface area contributed by atoms with Gasteiger partial charge >= 0.3 is 0 Å². The van der Waals surface area contributed by atoms with E-state index < -0.39 is 11.6 Å². The van der Waals surface area contributed by atoms with Crippen LogP contribution in [0.15, 0.2) is 18.2 Å². The van der Waals surface area contributed by atoms with Crippen molar-refractivity contribution in [2.24, 2.45) is 5.92 Å². The lowest BCUT2D eigenvalue weighted by atomic mass is 10.1. The lowest BCUT2D eigenvalue weighted by Crippen LogP contribution is -2.35. The van der Waals surface area contributed by atoms with Gasteiger partial charge < -0.3 is 10.6 Å². The first-order chi connectivity index (χ1) is 9.16. The summed E-state index contributed by atoms with van der Waals surface area (Å²) in [7, 11) is 0. The van der Waals surface area contributed by atoms with E-state index in [0.717, 1.165) is 12.5 Å². The van der Waals surface area contributed by atoms with Crippen LogP contribution in [0.1, 0.15) is 18.4 Å². The SMILES string of the molecule is O=C(CNCC1CC1)NCCc1c(F)cccc1F. The Morgan fingerprint density at radius 3 is 2.58 bits per heavy atom. The van der Waals surface area contributed by atoms with Gasteiger partial charge in [0.2, 0.25) is 5.91 Å². The second kappa shape index (κ2) is 6.61. The molecule has 0 saturated heterocycles. The fraction of sp³-hybridized carbons (Fsp3) is 0.500. The number of nitrogens with one attached hydrogen (secondary N) is 2. The van der Waals surface area contributed by atoms with Crippen LogP contribution in [0.2, 0.25) is 0 Å². The summed E-state index contributed by atoms with van der Waals surface area (Å²) in [6, 6.07) is 3.77. The maximum atomic E-state index is 13.3. The standard InChI is InChI=1S/C14H18F2N2O/c15-12-2-1-3-13(16)11(12)6-7-18-14(19)9-17-8-10-4-5-10/h1-3,10,17H,4-9H2,(H,18,19). The van der Waals surface area contributed by atoms with E-state index in [1.165, 1.54) is 31.0 Å². The zero-order chi connectivity index (χ0) is 13.7.